The molecule has 5 nitrogen and oxygen atoms in total. The second-order valence-corrected chi connectivity index (χ2v) is 7.86. The standard InChI is InChI=1S/C19H17Cl2N3O2S/c1-10-8-15(20)14(18(21)22-10)9-16(25)23-19-24-17(11(2)27-19)12-4-6-13(26-3)7-5-12/h4-8H,9H2,1-3H3,(H,23,24,25). The third-order valence-corrected chi connectivity index (χ3v) is 5.43. The van der Waals surface area contributed by atoms with E-state index in [2.05, 4.69) is 15.3 Å². The molecule has 0 atom stereocenters. The van der Waals surface area contributed by atoms with Gasteiger partial charge < -0.3 is 10.1 Å². The molecule has 27 heavy (non-hydrogen) atoms. The molecule has 3 rings (SSSR count). The number of aryl methyl sites for hydroxylation is 2. The summed E-state index contributed by atoms with van der Waals surface area (Å²) < 4.78 is 5.17. The molecule has 0 saturated carbocycles. The van der Waals surface area contributed by atoms with Crippen molar-refractivity contribution in [2.75, 3.05) is 12.4 Å². The second kappa shape index (κ2) is 8.25. The molecule has 0 aliphatic rings. The summed E-state index contributed by atoms with van der Waals surface area (Å²) in [6, 6.07) is 9.31. The highest BCUT2D eigenvalue weighted by atomic mass is 35.5. The number of amides is 1. The zero-order valence-electron chi connectivity index (χ0n) is 15.0. The normalized spacial score (nSPS) is 10.7. The van der Waals surface area contributed by atoms with Gasteiger partial charge in [0.05, 0.1) is 19.2 Å². The van der Waals surface area contributed by atoms with Gasteiger partial charge in [0.1, 0.15) is 10.9 Å². The Morgan fingerprint density at radius 1 is 1.19 bits per heavy atom. The minimum absolute atomic E-state index is 0.0292. The van der Waals surface area contributed by atoms with Crippen LogP contribution in [0.4, 0.5) is 5.13 Å². The fraction of sp³-hybridized carbons (Fsp3) is 0.211. The van der Waals surface area contributed by atoms with Crippen molar-refractivity contribution in [3.8, 4) is 17.0 Å². The highest BCUT2D eigenvalue weighted by Gasteiger charge is 2.16. The van der Waals surface area contributed by atoms with Crippen LogP contribution in [-0.2, 0) is 11.2 Å². The minimum Gasteiger partial charge on any atom is -0.497 e. The highest BCUT2D eigenvalue weighted by molar-refractivity contribution is 7.16. The molecule has 1 amide bonds. The van der Waals surface area contributed by atoms with E-state index in [0.29, 0.717) is 21.4 Å². The van der Waals surface area contributed by atoms with E-state index in [1.165, 1.54) is 11.3 Å². The summed E-state index contributed by atoms with van der Waals surface area (Å²) in [6.07, 6.45) is 0.0292. The van der Waals surface area contributed by atoms with Crippen LogP contribution < -0.4 is 10.1 Å². The van der Waals surface area contributed by atoms with Crippen LogP contribution in [0.2, 0.25) is 10.2 Å². The first-order valence-electron chi connectivity index (χ1n) is 8.10. The topological polar surface area (TPSA) is 64.1 Å². The number of nitrogens with one attached hydrogen (secondary N) is 1. The lowest BCUT2D eigenvalue weighted by atomic mass is 10.1. The molecule has 8 heteroatoms. The Morgan fingerprint density at radius 2 is 1.89 bits per heavy atom. The summed E-state index contributed by atoms with van der Waals surface area (Å²) in [5.74, 6) is 0.528. The largest absolute Gasteiger partial charge is 0.497 e. The molecule has 1 aromatic carbocycles. The van der Waals surface area contributed by atoms with E-state index in [1.54, 1.807) is 20.1 Å². The van der Waals surface area contributed by atoms with Crippen LogP contribution in [0.5, 0.6) is 5.75 Å². The van der Waals surface area contributed by atoms with Gasteiger partial charge in [-0.15, -0.1) is 11.3 Å². The van der Waals surface area contributed by atoms with Gasteiger partial charge in [-0.25, -0.2) is 9.97 Å². The molecule has 2 heterocycles. The van der Waals surface area contributed by atoms with Crippen LogP contribution in [-0.4, -0.2) is 23.0 Å². The summed E-state index contributed by atoms with van der Waals surface area (Å²) >= 11 is 13.7. The molecule has 0 radical (unpaired) electrons. The molecular formula is C19H17Cl2N3O2S. The van der Waals surface area contributed by atoms with Crippen molar-refractivity contribution in [3.05, 3.63) is 56.6 Å². The van der Waals surface area contributed by atoms with Gasteiger partial charge in [-0.05, 0) is 44.2 Å². The second-order valence-electron chi connectivity index (χ2n) is 5.89. The number of anilines is 1. The number of nitrogens with zero attached hydrogens (tertiary/aromatic N) is 2. The first-order valence-corrected chi connectivity index (χ1v) is 9.68. The van der Waals surface area contributed by atoms with Gasteiger partial charge in [0.25, 0.3) is 0 Å². The van der Waals surface area contributed by atoms with Crippen molar-refractivity contribution in [2.24, 2.45) is 0 Å². The monoisotopic (exact) mass is 421 g/mol. The average molecular weight is 422 g/mol. The van der Waals surface area contributed by atoms with Gasteiger partial charge in [-0.3, -0.25) is 4.79 Å². The lowest BCUT2D eigenvalue weighted by Gasteiger charge is -2.07. The lowest BCUT2D eigenvalue weighted by Crippen LogP contribution is -2.15. The molecule has 3 aromatic rings. The Morgan fingerprint density at radius 3 is 2.52 bits per heavy atom. The van der Waals surface area contributed by atoms with Gasteiger partial charge in [0.2, 0.25) is 5.91 Å². The lowest BCUT2D eigenvalue weighted by molar-refractivity contribution is -0.115. The van der Waals surface area contributed by atoms with E-state index >= 15 is 0 Å². The number of benzene rings is 1. The maximum absolute atomic E-state index is 12.4. The number of aromatic nitrogens is 2. The SMILES string of the molecule is COc1ccc(-c2nc(NC(=O)Cc3c(Cl)cc(C)nc3Cl)sc2C)cc1. The van der Waals surface area contributed by atoms with Crippen molar-refractivity contribution in [3.63, 3.8) is 0 Å². The number of carbonyl (C=O) groups excluding carboxylic acids is 1. The van der Waals surface area contributed by atoms with E-state index in [-0.39, 0.29) is 17.5 Å². The minimum atomic E-state index is -0.250. The van der Waals surface area contributed by atoms with E-state index < -0.39 is 0 Å². The van der Waals surface area contributed by atoms with E-state index in [1.807, 2.05) is 31.2 Å². The van der Waals surface area contributed by atoms with E-state index in [0.717, 1.165) is 21.9 Å². The Balaban J connectivity index is 1.75. The van der Waals surface area contributed by atoms with Crippen molar-refractivity contribution >= 4 is 45.6 Å². The predicted octanol–water partition coefficient (Wildman–Crippen LogP) is 5.32. The summed E-state index contributed by atoms with van der Waals surface area (Å²) in [5.41, 5.74) is 2.99. The fourth-order valence-electron chi connectivity index (χ4n) is 2.57. The van der Waals surface area contributed by atoms with E-state index in [4.69, 9.17) is 27.9 Å². The molecule has 0 saturated heterocycles. The number of carbonyl (C=O) groups is 1. The Kier molecular flexibility index (Phi) is 5.99. The van der Waals surface area contributed by atoms with Gasteiger partial charge in [-0.2, -0.15) is 0 Å². The van der Waals surface area contributed by atoms with Crippen molar-refractivity contribution in [1.82, 2.24) is 9.97 Å². The number of halogens is 2. The zero-order valence-corrected chi connectivity index (χ0v) is 17.3. The molecule has 0 fully saturated rings. The third-order valence-electron chi connectivity index (χ3n) is 3.89. The number of hydrogen-bond donors (Lipinski definition) is 1. The first kappa shape index (κ1) is 19.6. The molecule has 0 aliphatic heterocycles. The van der Waals surface area contributed by atoms with Gasteiger partial charge in [-0.1, -0.05) is 23.2 Å². The molecule has 0 aliphatic carbocycles. The molecule has 0 unspecified atom stereocenters. The number of methoxy groups -OCH3 is 1. The Hall–Kier alpha value is -2.15. The number of pyridine rings is 1. The maximum Gasteiger partial charge on any atom is 0.230 e. The Bertz CT molecular complexity index is 964. The number of hydrogen-bond acceptors (Lipinski definition) is 5. The highest BCUT2D eigenvalue weighted by Crippen LogP contribution is 2.31. The zero-order chi connectivity index (χ0) is 19.6. The summed E-state index contributed by atoms with van der Waals surface area (Å²) in [4.78, 5) is 22.1. The number of ether oxygens (including phenoxy) is 1. The van der Waals surface area contributed by atoms with Crippen LogP contribution in [0, 0.1) is 13.8 Å². The van der Waals surface area contributed by atoms with Crippen LogP contribution >= 0.6 is 34.5 Å². The fourth-order valence-corrected chi connectivity index (χ4v) is 4.09. The van der Waals surface area contributed by atoms with Crippen molar-refractivity contribution < 1.29 is 9.53 Å². The summed E-state index contributed by atoms with van der Waals surface area (Å²) in [7, 11) is 1.62. The Labute approximate surface area is 171 Å². The van der Waals surface area contributed by atoms with Crippen molar-refractivity contribution in [1.29, 1.82) is 0 Å². The quantitative estimate of drug-likeness (QED) is 0.566. The summed E-state index contributed by atoms with van der Waals surface area (Å²) in [6.45, 7) is 3.76. The molecule has 2 aromatic heterocycles. The number of thiazole rings is 1. The number of rotatable bonds is 5. The maximum atomic E-state index is 12.4. The first-order chi connectivity index (χ1) is 12.9. The molecule has 0 bridgehead atoms. The average Bonchev–Trinajstić information content (AvgIpc) is 2.98. The summed E-state index contributed by atoms with van der Waals surface area (Å²) in [5, 5.41) is 4.00. The van der Waals surface area contributed by atoms with E-state index in [9.17, 15) is 4.79 Å². The smallest absolute Gasteiger partial charge is 0.230 e. The molecule has 0 spiro atoms. The van der Waals surface area contributed by atoms with Crippen molar-refractivity contribution in [2.45, 2.75) is 20.3 Å². The van der Waals surface area contributed by atoms with Crippen LogP contribution in [0.25, 0.3) is 11.3 Å². The predicted molar refractivity (Wildman–Crippen MR) is 110 cm³/mol. The molecule has 1 N–H and O–H groups in total. The molecular weight excluding hydrogens is 405 g/mol. The van der Waals surface area contributed by atoms with Gasteiger partial charge >= 0.3 is 0 Å². The van der Waals surface area contributed by atoms with Gasteiger partial charge in [0, 0.05) is 26.7 Å². The molecule has 140 valence electrons. The van der Waals surface area contributed by atoms with Crippen LogP contribution in [0.3, 0.4) is 0 Å². The van der Waals surface area contributed by atoms with Gasteiger partial charge in [0.15, 0.2) is 5.13 Å². The third kappa shape index (κ3) is 4.58. The van der Waals surface area contributed by atoms with Crippen LogP contribution in [0.1, 0.15) is 16.1 Å². The van der Waals surface area contributed by atoms with Crippen LogP contribution in [0.15, 0.2) is 30.3 Å².